The Labute approximate surface area is 185 Å². The third-order valence-electron chi connectivity index (χ3n) is 5.22. The number of ether oxygens (including phenoxy) is 2. The van der Waals surface area contributed by atoms with Gasteiger partial charge in [0.2, 0.25) is 6.79 Å². The van der Waals surface area contributed by atoms with E-state index in [2.05, 4.69) is 15.4 Å². The van der Waals surface area contributed by atoms with Crippen molar-refractivity contribution in [1.82, 2.24) is 19.9 Å². The Kier molecular flexibility index (Phi) is 5.12. The molecule has 7 nitrogen and oxygen atoms in total. The third kappa shape index (κ3) is 4.07. The summed E-state index contributed by atoms with van der Waals surface area (Å²) in [4.78, 5) is 17.1. The summed E-state index contributed by atoms with van der Waals surface area (Å²) < 4.78 is 52.6. The highest BCUT2D eigenvalue weighted by molar-refractivity contribution is 5.99. The van der Waals surface area contributed by atoms with Crippen LogP contribution in [0.5, 0.6) is 11.5 Å². The summed E-state index contributed by atoms with van der Waals surface area (Å²) in [5.41, 5.74) is 0.186. The summed E-state index contributed by atoms with van der Waals surface area (Å²) in [6.07, 6.45) is -3.03. The Bertz CT molecular complexity index is 1340. The summed E-state index contributed by atoms with van der Waals surface area (Å²) in [6.45, 7) is 0.350. The van der Waals surface area contributed by atoms with Crippen molar-refractivity contribution in [2.45, 2.75) is 12.6 Å². The molecular formula is C23H17F3N4O3. The van der Waals surface area contributed by atoms with Crippen LogP contribution >= 0.6 is 0 Å². The van der Waals surface area contributed by atoms with Crippen molar-refractivity contribution in [3.05, 3.63) is 77.6 Å². The van der Waals surface area contributed by atoms with E-state index in [1.165, 1.54) is 0 Å². The summed E-state index contributed by atoms with van der Waals surface area (Å²) in [5, 5.41) is 6.52. The molecule has 2 aromatic heterocycles. The molecule has 0 aliphatic carbocycles. The van der Waals surface area contributed by atoms with Crippen molar-refractivity contribution in [1.29, 1.82) is 0 Å². The molecule has 1 aliphatic rings. The van der Waals surface area contributed by atoms with Gasteiger partial charge in [0.05, 0.1) is 11.9 Å². The number of aromatic nitrogens is 3. The van der Waals surface area contributed by atoms with E-state index in [1.54, 1.807) is 18.2 Å². The molecule has 1 N–H and O–H groups in total. The van der Waals surface area contributed by atoms with Gasteiger partial charge in [0, 0.05) is 12.1 Å². The lowest BCUT2D eigenvalue weighted by Crippen LogP contribution is -2.26. The molecule has 168 valence electrons. The SMILES string of the molecule is O=C(NCCc1ccccc1)c1cnn2c(C(F)(F)F)cc(-c3ccc4c(c3)OCO4)nc12. The van der Waals surface area contributed by atoms with E-state index < -0.39 is 17.8 Å². The summed E-state index contributed by atoms with van der Waals surface area (Å²) in [6, 6.07) is 15.2. The minimum absolute atomic E-state index is 0.0342. The standard InChI is InChI=1S/C23H17F3N4O3/c24-23(25,26)20-11-17(15-6-7-18-19(10-15)33-13-32-18)29-21-16(12-28-30(20)21)22(31)27-9-8-14-4-2-1-3-5-14/h1-7,10-12H,8-9,13H2,(H,27,31). The van der Waals surface area contributed by atoms with Gasteiger partial charge in [-0.05, 0) is 36.2 Å². The molecule has 33 heavy (non-hydrogen) atoms. The third-order valence-corrected chi connectivity index (χ3v) is 5.22. The Morgan fingerprint density at radius 3 is 2.64 bits per heavy atom. The Balaban J connectivity index is 1.50. The molecule has 1 amide bonds. The van der Waals surface area contributed by atoms with Crippen LogP contribution in [0.25, 0.3) is 16.9 Å². The first-order valence-electron chi connectivity index (χ1n) is 10.1. The van der Waals surface area contributed by atoms with Crippen molar-refractivity contribution in [2.75, 3.05) is 13.3 Å². The van der Waals surface area contributed by atoms with Gasteiger partial charge in [-0.25, -0.2) is 9.50 Å². The predicted octanol–water partition coefficient (Wildman–Crippen LogP) is 4.12. The van der Waals surface area contributed by atoms with Crippen LogP contribution in [-0.4, -0.2) is 33.8 Å². The first kappa shape index (κ1) is 20.8. The fourth-order valence-electron chi connectivity index (χ4n) is 3.59. The van der Waals surface area contributed by atoms with Gasteiger partial charge in [-0.15, -0.1) is 0 Å². The molecular weight excluding hydrogens is 437 g/mol. The minimum Gasteiger partial charge on any atom is -0.454 e. The van der Waals surface area contributed by atoms with Gasteiger partial charge >= 0.3 is 6.18 Å². The molecule has 1 aliphatic heterocycles. The highest BCUT2D eigenvalue weighted by Gasteiger charge is 2.36. The molecule has 0 spiro atoms. The fourth-order valence-corrected chi connectivity index (χ4v) is 3.59. The molecule has 5 rings (SSSR count). The largest absolute Gasteiger partial charge is 0.454 e. The molecule has 4 aromatic rings. The average Bonchev–Trinajstić information content (AvgIpc) is 3.44. The molecule has 2 aromatic carbocycles. The molecule has 0 atom stereocenters. The zero-order valence-electron chi connectivity index (χ0n) is 17.1. The lowest BCUT2D eigenvalue weighted by atomic mass is 10.1. The van der Waals surface area contributed by atoms with Gasteiger partial charge in [-0.1, -0.05) is 30.3 Å². The van der Waals surface area contributed by atoms with E-state index in [9.17, 15) is 18.0 Å². The van der Waals surface area contributed by atoms with E-state index in [0.29, 0.717) is 34.5 Å². The first-order valence-corrected chi connectivity index (χ1v) is 10.1. The summed E-state index contributed by atoms with van der Waals surface area (Å²) in [7, 11) is 0. The van der Waals surface area contributed by atoms with Crippen LogP contribution in [0.2, 0.25) is 0 Å². The first-order chi connectivity index (χ1) is 15.9. The number of nitrogens with zero attached hydrogens (tertiary/aromatic N) is 3. The van der Waals surface area contributed by atoms with Gasteiger partial charge in [-0.2, -0.15) is 18.3 Å². The zero-order valence-corrected chi connectivity index (χ0v) is 17.1. The number of carbonyl (C=O) groups is 1. The minimum atomic E-state index is -4.71. The van der Waals surface area contributed by atoms with Gasteiger partial charge < -0.3 is 14.8 Å². The average molecular weight is 454 g/mol. The van der Waals surface area contributed by atoms with Crippen molar-refractivity contribution in [3.8, 4) is 22.8 Å². The molecule has 0 saturated carbocycles. The molecule has 3 heterocycles. The van der Waals surface area contributed by atoms with Crippen LogP contribution in [0.3, 0.4) is 0 Å². The Morgan fingerprint density at radius 1 is 1.06 bits per heavy atom. The second-order valence-electron chi connectivity index (χ2n) is 7.38. The number of alkyl halides is 3. The number of hydrogen-bond donors (Lipinski definition) is 1. The highest BCUT2D eigenvalue weighted by atomic mass is 19.4. The smallest absolute Gasteiger partial charge is 0.433 e. The quantitative estimate of drug-likeness (QED) is 0.491. The van der Waals surface area contributed by atoms with E-state index >= 15 is 0 Å². The molecule has 0 bridgehead atoms. The summed E-state index contributed by atoms with van der Waals surface area (Å²) in [5.74, 6) is 0.359. The maximum absolute atomic E-state index is 13.8. The van der Waals surface area contributed by atoms with E-state index in [-0.39, 0.29) is 23.7 Å². The topological polar surface area (TPSA) is 77.8 Å². The Hall–Kier alpha value is -4.08. The van der Waals surface area contributed by atoms with Crippen LogP contribution in [0, 0.1) is 0 Å². The van der Waals surface area contributed by atoms with Gasteiger partial charge in [0.1, 0.15) is 5.56 Å². The second-order valence-corrected chi connectivity index (χ2v) is 7.38. The maximum atomic E-state index is 13.8. The van der Waals surface area contributed by atoms with Crippen molar-refractivity contribution < 1.29 is 27.4 Å². The predicted molar refractivity (Wildman–Crippen MR) is 112 cm³/mol. The van der Waals surface area contributed by atoms with E-state index in [4.69, 9.17) is 9.47 Å². The molecule has 0 fully saturated rings. The summed E-state index contributed by atoms with van der Waals surface area (Å²) >= 11 is 0. The lowest BCUT2D eigenvalue weighted by molar-refractivity contribution is -0.142. The number of benzene rings is 2. The lowest BCUT2D eigenvalue weighted by Gasteiger charge is -2.12. The van der Waals surface area contributed by atoms with Crippen molar-refractivity contribution in [3.63, 3.8) is 0 Å². The van der Waals surface area contributed by atoms with Crippen LogP contribution in [-0.2, 0) is 12.6 Å². The molecule has 10 heteroatoms. The number of nitrogens with one attached hydrogen (secondary N) is 1. The number of hydrogen-bond acceptors (Lipinski definition) is 5. The second kappa shape index (κ2) is 8.12. The van der Waals surface area contributed by atoms with Gasteiger partial charge in [0.15, 0.2) is 22.8 Å². The van der Waals surface area contributed by atoms with Crippen molar-refractivity contribution in [2.24, 2.45) is 0 Å². The van der Waals surface area contributed by atoms with Crippen molar-refractivity contribution >= 4 is 11.6 Å². The van der Waals surface area contributed by atoms with Crippen LogP contribution in [0.15, 0.2) is 60.8 Å². The fraction of sp³-hybridized carbons (Fsp3) is 0.174. The number of fused-ring (bicyclic) bond motifs is 2. The molecule has 0 unspecified atom stereocenters. The Morgan fingerprint density at radius 2 is 1.85 bits per heavy atom. The van der Waals surface area contributed by atoms with Crippen LogP contribution in [0.4, 0.5) is 13.2 Å². The number of amides is 1. The number of rotatable bonds is 5. The van der Waals surface area contributed by atoms with Crippen LogP contribution < -0.4 is 14.8 Å². The normalized spacial score (nSPS) is 12.8. The van der Waals surface area contributed by atoms with E-state index in [1.807, 2.05) is 30.3 Å². The highest BCUT2D eigenvalue weighted by Crippen LogP contribution is 2.37. The maximum Gasteiger partial charge on any atom is 0.433 e. The van der Waals surface area contributed by atoms with Crippen LogP contribution in [0.1, 0.15) is 21.6 Å². The monoisotopic (exact) mass is 454 g/mol. The van der Waals surface area contributed by atoms with Gasteiger partial charge in [0.25, 0.3) is 5.91 Å². The van der Waals surface area contributed by atoms with Gasteiger partial charge in [-0.3, -0.25) is 4.79 Å². The number of halogens is 3. The number of carbonyl (C=O) groups excluding carboxylic acids is 1. The molecule has 0 radical (unpaired) electrons. The zero-order chi connectivity index (χ0) is 23.0. The molecule has 0 saturated heterocycles. The van der Waals surface area contributed by atoms with E-state index in [0.717, 1.165) is 17.8 Å².